The second kappa shape index (κ2) is 5.87. The van der Waals surface area contributed by atoms with Gasteiger partial charge in [-0.15, -0.1) is 0 Å². The largest absolute Gasteiger partial charge is 0.366 e. The van der Waals surface area contributed by atoms with E-state index in [2.05, 4.69) is 15.9 Å². The first kappa shape index (κ1) is 15.5. The molecule has 21 heavy (non-hydrogen) atoms. The normalized spacial score (nSPS) is 11.1. The van der Waals surface area contributed by atoms with Crippen molar-refractivity contribution in [3.63, 3.8) is 0 Å². The Hall–Kier alpha value is -1.86. The summed E-state index contributed by atoms with van der Waals surface area (Å²) in [5.74, 6) is -0.634. The predicted molar refractivity (Wildman–Crippen MR) is 86.1 cm³/mol. The third-order valence-electron chi connectivity index (χ3n) is 2.77. The summed E-state index contributed by atoms with van der Waals surface area (Å²) in [6.07, 6.45) is 1.10. The minimum atomic E-state index is -3.56. The van der Waals surface area contributed by atoms with Gasteiger partial charge in [0.2, 0.25) is 15.9 Å². The van der Waals surface area contributed by atoms with Crippen LogP contribution in [0.15, 0.2) is 53.0 Å². The highest BCUT2D eigenvalue weighted by atomic mass is 79.9. The van der Waals surface area contributed by atoms with E-state index in [1.807, 2.05) is 0 Å². The average molecular weight is 369 g/mol. The molecule has 0 saturated heterocycles. The van der Waals surface area contributed by atoms with E-state index in [-0.39, 0.29) is 5.56 Å². The molecule has 110 valence electrons. The number of amides is 1. The molecule has 0 aliphatic carbocycles. The number of halogens is 1. The number of primary amides is 1. The summed E-state index contributed by atoms with van der Waals surface area (Å²) in [6.45, 7) is 0. The molecular weight excluding hydrogens is 356 g/mol. The fourth-order valence-corrected chi connectivity index (χ4v) is 3.37. The maximum atomic E-state index is 12.1. The summed E-state index contributed by atoms with van der Waals surface area (Å²) in [4.78, 5) is 11.4. The predicted octanol–water partition coefficient (Wildman–Crippen LogP) is 2.65. The number of nitrogens with two attached hydrogens (primary N) is 1. The van der Waals surface area contributed by atoms with Crippen molar-refractivity contribution in [1.82, 2.24) is 0 Å². The fourth-order valence-electron chi connectivity index (χ4n) is 1.92. The molecule has 5 nitrogen and oxygen atoms in total. The van der Waals surface area contributed by atoms with Gasteiger partial charge >= 0.3 is 0 Å². The zero-order chi connectivity index (χ0) is 15.6. The number of carbonyl (C=O) groups excluding carboxylic acids is 1. The monoisotopic (exact) mass is 368 g/mol. The van der Waals surface area contributed by atoms with Gasteiger partial charge in [-0.1, -0.05) is 18.2 Å². The first-order chi connectivity index (χ1) is 9.80. The third-order valence-corrected chi connectivity index (χ3v) is 4.55. The molecule has 0 spiro atoms. The van der Waals surface area contributed by atoms with Crippen LogP contribution in [0, 0.1) is 0 Å². The van der Waals surface area contributed by atoms with Crippen LogP contribution in [-0.4, -0.2) is 20.6 Å². The summed E-state index contributed by atoms with van der Waals surface area (Å²) in [7, 11) is -3.56. The van der Waals surface area contributed by atoms with E-state index >= 15 is 0 Å². The summed E-state index contributed by atoms with van der Waals surface area (Å²) in [5, 5.41) is 0. The van der Waals surface area contributed by atoms with Crippen LogP contribution in [0.4, 0.5) is 11.4 Å². The number of rotatable bonds is 4. The van der Waals surface area contributed by atoms with Crippen LogP contribution in [0.1, 0.15) is 10.4 Å². The van der Waals surface area contributed by atoms with Crippen molar-refractivity contribution in [3.8, 4) is 0 Å². The molecule has 0 heterocycles. The molecule has 0 saturated carbocycles. The summed E-state index contributed by atoms with van der Waals surface area (Å²) < 4.78 is 25.9. The van der Waals surface area contributed by atoms with Crippen LogP contribution in [0.3, 0.4) is 0 Å². The van der Waals surface area contributed by atoms with Gasteiger partial charge in [0.05, 0.1) is 23.2 Å². The third kappa shape index (κ3) is 3.43. The number of anilines is 2. The smallest absolute Gasteiger partial charge is 0.249 e. The minimum Gasteiger partial charge on any atom is -0.366 e. The van der Waals surface area contributed by atoms with Crippen molar-refractivity contribution < 1.29 is 13.2 Å². The van der Waals surface area contributed by atoms with Crippen LogP contribution >= 0.6 is 15.9 Å². The number of hydrogen-bond acceptors (Lipinski definition) is 3. The van der Waals surface area contributed by atoms with Crippen LogP contribution in [0.25, 0.3) is 0 Å². The second-order valence-electron chi connectivity index (χ2n) is 4.39. The van der Waals surface area contributed by atoms with Crippen molar-refractivity contribution >= 4 is 43.2 Å². The molecule has 0 aliphatic heterocycles. The molecule has 0 fully saturated rings. The molecule has 0 bridgehead atoms. The summed E-state index contributed by atoms with van der Waals surface area (Å²) >= 11 is 3.22. The number of para-hydroxylation sites is 1. The van der Waals surface area contributed by atoms with Gasteiger partial charge in [-0.2, -0.15) is 0 Å². The van der Waals surface area contributed by atoms with Gasteiger partial charge in [0.25, 0.3) is 0 Å². The van der Waals surface area contributed by atoms with E-state index < -0.39 is 15.9 Å². The van der Waals surface area contributed by atoms with Crippen molar-refractivity contribution in [1.29, 1.82) is 0 Å². The van der Waals surface area contributed by atoms with Crippen LogP contribution < -0.4 is 10.0 Å². The number of hydrogen-bond donors (Lipinski definition) is 1. The first-order valence-electron chi connectivity index (χ1n) is 5.95. The molecule has 0 aromatic heterocycles. The molecule has 0 unspecified atom stereocenters. The number of sulfonamides is 1. The summed E-state index contributed by atoms with van der Waals surface area (Å²) in [6, 6.07) is 13.3. The highest BCUT2D eigenvalue weighted by Gasteiger charge is 2.21. The van der Waals surface area contributed by atoms with Gasteiger partial charge in [-0.25, -0.2) is 12.7 Å². The Bertz CT molecular complexity index is 776. The maximum Gasteiger partial charge on any atom is 0.249 e. The molecule has 7 heteroatoms. The van der Waals surface area contributed by atoms with Crippen LogP contribution in [-0.2, 0) is 10.0 Å². The average Bonchev–Trinajstić information content (AvgIpc) is 2.40. The van der Waals surface area contributed by atoms with Gasteiger partial charge in [0, 0.05) is 4.47 Å². The summed E-state index contributed by atoms with van der Waals surface area (Å²) in [5.41, 5.74) is 6.35. The molecular formula is C14H13BrN2O3S. The lowest BCUT2D eigenvalue weighted by Crippen LogP contribution is -2.25. The lowest BCUT2D eigenvalue weighted by atomic mass is 10.2. The van der Waals surface area contributed by atoms with E-state index in [9.17, 15) is 13.2 Å². The van der Waals surface area contributed by atoms with Crippen molar-refractivity contribution in [2.24, 2.45) is 5.73 Å². The van der Waals surface area contributed by atoms with Crippen molar-refractivity contribution in [2.75, 3.05) is 10.6 Å². The Morgan fingerprint density at radius 1 is 1.10 bits per heavy atom. The number of benzene rings is 2. The maximum absolute atomic E-state index is 12.1. The number of carbonyl (C=O) groups is 1. The molecule has 2 aromatic carbocycles. The van der Waals surface area contributed by atoms with E-state index in [1.165, 1.54) is 6.07 Å². The molecule has 0 aliphatic rings. The van der Waals surface area contributed by atoms with Gasteiger partial charge in [0.1, 0.15) is 0 Å². The zero-order valence-electron chi connectivity index (χ0n) is 11.2. The Labute approximate surface area is 131 Å². The first-order valence-corrected chi connectivity index (χ1v) is 8.59. The van der Waals surface area contributed by atoms with E-state index in [4.69, 9.17) is 5.73 Å². The minimum absolute atomic E-state index is 0.220. The van der Waals surface area contributed by atoms with Gasteiger partial charge in [0.15, 0.2) is 0 Å². The highest BCUT2D eigenvalue weighted by Crippen LogP contribution is 2.31. The molecule has 1 amide bonds. The quantitative estimate of drug-likeness (QED) is 0.900. The zero-order valence-corrected chi connectivity index (χ0v) is 13.6. The SMILES string of the molecule is CS(=O)(=O)N(c1ccccc1)c1ccc(Br)c(C(N)=O)c1. The standard InChI is InChI=1S/C14H13BrN2O3S/c1-21(19,20)17(10-5-3-2-4-6-10)11-7-8-13(15)12(9-11)14(16)18/h2-9H,1H3,(H2,16,18). The van der Waals surface area contributed by atoms with E-state index in [0.717, 1.165) is 10.6 Å². The van der Waals surface area contributed by atoms with Gasteiger partial charge in [-0.3, -0.25) is 4.79 Å². The lowest BCUT2D eigenvalue weighted by Gasteiger charge is -2.23. The lowest BCUT2D eigenvalue weighted by molar-refractivity contribution is 0.0999. The Balaban J connectivity index is 2.64. The van der Waals surface area contributed by atoms with E-state index in [0.29, 0.717) is 15.8 Å². The molecule has 0 atom stereocenters. The highest BCUT2D eigenvalue weighted by molar-refractivity contribution is 9.10. The van der Waals surface area contributed by atoms with E-state index in [1.54, 1.807) is 42.5 Å². The molecule has 2 N–H and O–H groups in total. The van der Waals surface area contributed by atoms with Crippen molar-refractivity contribution in [3.05, 3.63) is 58.6 Å². The second-order valence-corrected chi connectivity index (χ2v) is 7.08. The molecule has 2 aromatic rings. The fraction of sp³-hybridized carbons (Fsp3) is 0.0714. The van der Waals surface area contributed by atoms with Gasteiger partial charge in [-0.05, 0) is 46.3 Å². The van der Waals surface area contributed by atoms with Crippen molar-refractivity contribution in [2.45, 2.75) is 0 Å². The van der Waals surface area contributed by atoms with Crippen LogP contribution in [0.2, 0.25) is 0 Å². The van der Waals surface area contributed by atoms with Crippen LogP contribution in [0.5, 0.6) is 0 Å². The Morgan fingerprint density at radius 3 is 2.24 bits per heavy atom. The Morgan fingerprint density at radius 2 is 1.71 bits per heavy atom. The molecule has 2 rings (SSSR count). The molecule has 0 radical (unpaired) electrons. The number of nitrogens with zero attached hydrogens (tertiary/aromatic N) is 1. The van der Waals surface area contributed by atoms with Gasteiger partial charge < -0.3 is 5.73 Å². The topological polar surface area (TPSA) is 80.5 Å². The Kier molecular flexibility index (Phi) is 4.34.